The van der Waals surface area contributed by atoms with Gasteiger partial charge in [-0.25, -0.2) is 4.98 Å². The lowest BCUT2D eigenvalue weighted by Gasteiger charge is -2.03. The molecule has 0 bridgehead atoms. The van der Waals surface area contributed by atoms with Gasteiger partial charge in [-0.15, -0.1) is 0 Å². The Balaban J connectivity index is 2.38. The molecule has 0 aliphatic heterocycles. The van der Waals surface area contributed by atoms with Gasteiger partial charge < -0.3 is 5.73 Å². The monoisotopic (exact) mass is 288 g/mol. The largest absolute Gasteiger partial charge is 0.385 e. The van der Waals surface area contributed by atoms with Gasteiger partial charge in [0.05, 0.1) is 5.52 Å². The molecule has 0 saturated heterocycles. The van der Waals surface area contributed by atoms with Crippen molar-refractivity contribution in [2.45, 2.75) is 0 Å². The summed E-state index contributed by atoms with van der Waals surface area (Å²) in [5.41, 5.74) is 7.93. The second-order valence-electron chi connectivity index (χ2n) is 3.63. The quantitative estimate of drug-likeness (QED) is 0.749. The van der Waals surface area contributed by atoms with E-state index in [9.17, 15) is 0 Å². The Hall–Kier alpha value is -1.88. The Kier molecular flexibility index (Phi) is 2.33. The summed E-state index contributed by atoms with van der Waals surface area (Å²) in [6.07, 6.45) is 3.48. The Labute approximate surface area is 106 Å². The zero-order valence-corrected chi connectivity index (χ0v) is 10.4. The van der Waals surface area contributed by atoms with Gasteiger partial charge in [-0.2, -0.15) is 0 Å². The average molecular weight is 289 g/mol. The molecule has 0 aliphatic rings. The van der Waals surface area contributed by atoms with Crippen molar-refractivity contribution < 1.29 is 0 Å². The topological polar surface area (TPSA) is 56.2 Å². The van der Waals surface area contributed by atoms with Crippen molar-refractivity contribution in [2.75, 3.05) is 5.73 Å². The van der Waals surface area contributed by atoms with E-state index in [1.807, 2.05) is 34.7 Å². The number of aromatic nitrogens is 3. The summed E-state index contributed by atoms with van der Waals surface area (Å²) in [6, 6.07) is 9.55. The van der Waals surface area contributed by atoms with Crippen LogP contribution in [0.5, 0.6) is 0 Å². The fourth-order valence-corrected chi connectivity index (χ4v) is 2.30. The van der Waals surface area contributed by atoms with Gasteiger partial charge in [0.2, 0.25) is 0 Å². The lowest BCUT2D eigenvalue weighted by atomic mass is 10.2. The first kappa shape index (κ1) is 10.3. The van der Waals surface area contributed by atoms with Crippen LogP contribution in [0.3, 0.4) is 0 Å². The molecule has 2 N–H and O–H groups in total. The van der Waals surface area contributed by atoms with Gasteiger partial charge in [-0.1, -0.05) is 6.07 Å². The van der Waals surface area contributed by atoms with Crippen molar-refractivity contribution >= 4 is 27.3 Å². The van der Waals surface area contributed by atoms with E-state index in [2.05, 4.69) is 25.9 Å². The predicted molar refractivity (Wildman–Crippen MR) is 70.5 cm³/mol. The summed E-state index contributed by atoms with van der Waals surface area (Å²) >= 11 is 3.45. The molecule has 0 fully saturated rings. The second-order valence-corrected chi connectivity index (χ2v) is 4.38. The van der Waals surface area contributed by atoms with Crippen LogP contribution in [0.15, 0.2) is 47.3 Å². The van der Waals surface area contributed by atoms with E-state index in [0.717, 1.165) is 21.5 Å². The average Bonchev–Trinajstić information content (AvgIpc) is 2.70. The van der Waals surface area contributed by atoms with Crippen LogP contribution in [0.25, 0.3) is 16.9 Å². The van der Waals surface area contributed by atoms with Crippen LogP contribution in [0.4, 0.5) is 5.82 Å². The Morgan fingerprint density at radius 2 is 1.88 bits per heavy atom. The number of fused-ring (bicyclic) bond motifs is 1. The van der Waals surface area contributed by atoms with Gasteiger partial charge >= 0.3 is 0 Å². The summed E-state index contributed by atoms with van der Waals surface area (Å²) in [5, 5.41) is 0. The van der Waals surface area contributed by atoms with Crippen molar-refractivity contribution in [1.82, 2.24) is 14.4 Å². The smallest absolute Gasteiger partial charge is 0.147 e. The van der Waals surface area contributed by atoms with Crippen molar-refractivity contribution in [3.8, 4) is 11.4 Å². The second kappa shape index (κ2) is 3.85. The molecule has 0 saturated carbocycles. The van der Waals surface area contributed by atoms with Gasteiger partial charge in [-0.3, -0.25) is 9.38 Å². The maximum absolute atomic E-state index is 5.99. The molecule has 3 heterocycles. The lowest BCUT2D eigenvalue weighted by Crippen LogP contribution is -1.97. The van der Waals surface area contributed by atoms with Crippen molar-refractivity contribution in [2.24, 2.45) is 0 Å². The standard InChI is InChI=1S/C12H9BrN4/c13-11-9-2-1-3-10(14)17(9)12(16-11)8-4-6-15-7-5-8/h1-7H,14H2. The predicted octanol–water partition coefficient (Wildman–Crippen LogP) is 2.74. The van der Waals surface area contributed by atoms with E-state index in [1.165, 1.54) is 0 Å². The van der Waals surface area contributed by atoms with E-state index in [-0.39, 0.29) is 0 Å². The number of rotatable bonds is 1. The number of nitrogens with two attached hydrogens (primary N) is 1. The number of halogens is 1. The van der Waals surface area contributed by atoms with Gasteiger partial charge in [-0.05, 0) is 40.2 Å². The maximum atomic E-state index is 5.99. The highest BCUT2D eigenvalue weighted by Gasteiger charge is 2.12. The minimum atomic E-state index is 0.660. The SMILES string of the molecule is Nc1cccc2c(Br)nc(-c3ccncc3)n12. The number of imidazole rings is 1. The Bertz CT molecular complexity index is 676. The molecule has 0 unspecified atom stereocenters. The first-order valence-corrected chi connectivity index (χ1v) is 5.89. The summed E-state index contributed by atoms with van der Waals surface area (Å²) in [6.45, 7) is 0. The van der Waals surface area contributed by atoms with Crippen LogP contribution < -0.4 is 5.73 Å². The van der Waals surface area contributed by atoms with Crippen molar-refractivity contribution in [1.29, 1.82) is 0 Å². The molecule has 17 heavy (non-hydrogen) atoms. The number of nitrogen functional groups attached to an aromatic ring is 1. The zero-order chi connectivity index (χ0) is 11.8. The van der Waals surface area contributed by atoms with E-state index in [4.69, 9.17) is 5.73 Å². The highest BCUT2D eigenvalue weighted by atomic mass is 79.9. The molecule has 0 aromatic carbocycles. The molecule has 3 aromatic rings. The van der Waals surface area contributed by atoms with Crippen LogP contribution >= 0.6 is 15.9 Å². The molecular weight excluding hydrogens is 280 g/mol. The number of hydrogen-bond acceptors (Lipinski definition) is 3. The molecule has 0 atom stereocenters. The van der Waals surface area contributed by atoms with Crippen molar-refractivity contribution in [3.63, 3.8) is 0 Å². The fraction of sp³-hybridized carbons (Fsp3) is 0. The third-order valence-corrected chi connectivity index (χ3v) is 3.17. The van der Waals surface area contributed by atoms with Crippen molar-refractivity contribution in [3.05, 3.63) is 47.3 Å². The summed E-state index contributed by atoms with van der Waals surface area (Å²) in [4.78, 5) is 8.49. The molecule has 0 spiro atoms. The normalized spacial score (nSPS) is 10.9. The summed E-state index contributed by atoms with van der Waals surface area (Å²) < 4.78 is 2.70. The first-order chi connectivity index (χ1) is 8.27. The maximum Gasteiger partial charge on any atom is 0.147 e. The number of hydrogen-bond donors (Lipinski definition) is 1. The highest BCUT2D eigenvalue weighted by Crippen LogP contribution is 2.27. The fourth-order valence-electron chi connectivity index (χ4n) is 1.82. The van der Waals surface area contributed by atoms with Gasteiger partial charge in [0.15, 0.2) is 0 Å². The van der Waals surface area contributed by atoms with Crippen LogP contribution in [0.1, 0.15) is 0 Å². The zero-order valence-electron chi connectivity index (χ0n) is 8.84. The molecule has 0 radical (unpaired) electrons. The summed E-state index contributed by atoms with van der Waals surface area (Å²) in [7, 11) is 0. The van der Waals surface area contributed by atoms with Crippen LogP contribution in [0.2, 0.25) is 0 Å². The van der Waals surface area contributed by atoms with E-state index in [1.54, 1.807) is 12.4 Å². The highest BCUT2D eigenvalue weighted by molar-refractivity contribution is 9.10. The lowest BCUT2D eigenvalue weighted by molar-refractivity contribution is 1.17. The van der Waals surface area contributed by atoms with Gasteiger partial charge in [0, 0.05) is 18.0 Å². The van der Waals surface area contributed by atoms with E-state index in [0.29, 0.717) is 5.82 Å². The van der Waals surface area contributed by atoms with Gasteiger partial charge in [0.1, 0.15) is 16.2 Å². The molecule has 84 valence electrons. The molecule has 5 heteroatoms. The molecule has 0 aliphatic carbocycles. The Morgan fingerprint density at radius 3 is 2.65 bits per heavy atom. The van der Waals surface area contributed by atoms with Gasteiger partial charge in [0.25, 0.3) is 0 Å². The number of anilines is 1. The van der Waals surface area contributed by atoms with Crippen LogP contribution in [-0.2, 0) is 0 Å². The molecule has 0 amide bonds. The van der Waals surface area contributed by atoms with Crippen LogP contribution in [-0.4, -0.2) is 14.4 Å². The Morgan fingerprint density at radius 1 is 1.12 bits per heavy atom. The minimum absolute atomic E-state index is 0.660. The van der Waals surface area contributed by atoms with Crippen LogP contribution in [0, 0.1) is 0 Å². The van der Waals surface area contributed by atoms with E-state index < -0.39 is 0 Å². The number of pyridine rings is 2. The summed E-state index contributed by atoms with van der Waals surface area (Å²) in [5.74, 6) is 1.47. The first-order valence-electron chi connectivity index (χ1n) is 5.10. The number of nitrogens with zero attached hydrogens (tertiary/aromatic N) is 3. The third kappa shape index (κ3) is 1.59. The van der Waals surface area contributed by atoms with E-state index >= 15 is 0 Å². The molecular formula is C12H9BrN4. The molecule has 3 aromatic heterocycles. The molecule has 3 rings (SSSR count). The third-order valence-electron chi connectivity index (χ3n) is 2.59. The molecule has 4 nitrogen and oxygen atoms in total. The minimum Gasteiger partial charge on any atom is -0.385 e.